The highest BCUT2D eigenvalue weighted by atomic mass is 32.2. The summed E-state index contributed by atoms with van der Waals surface area (Å²) in [5.74, 6) is -4.22. The van der Waals surface area contributed by atoms with Crippen molar-refractivity contribution < 1.29 is 46.7 Å². The molecule has 0 spiro atoms. The van der Waals surface area contributed by atoms with E-state index in [2.05, 4.69) is 15.0 Å². The quantitative estimate of drug-likeness (QED) is 0.0812. The van der Waals surface area contributed by atoms with Crippen LogP contribution >= 0.6 is 0 Å². The normalized spacial score (nSPS) is 19.2. The van der Waals surface area contributed by atoms with Gasteiger partial charge in [0.1, 0.15) is 17.5 Å². The second kappa shape index (κ2) is 26.4. The third-order valence-electron chi connectivity index (χ3n) is 13.9. The molecule has 9 atom stereocenters. The molecule has 71 heavy (non-hydrogen) atoms. The zero-order valence-corrected chi connectivity index (χ0v) is 45.1. The smallest absolute Gasteiger partial charge is 0.247 e. The van der Waals surface area contributed by atoms with Crippen LogP contribution in [0.3, 0.4) is 0 Å². The average molecular weight is 1010 g/mol. The van der Waals surface area contributed by atoms with E-state index >= 15 is 0 Å². The molecule has 1 N–H and O–H groups in total. The SMILES string of the molecule is CC[C@H](C)[C@@H]([C@@H](CC(=O)N1CCC[C@H]1[C@H](OC)[C@@H](C)C(=O)C[C@@H](Cc1ccccc1)C(=O)NS(=O)(=O)CCCn1cc(CN2C(=O)CC(C)C2=O)nn1)OC)N(C)C(=O)[C@@H](N=C(N(C)C)N(C)C)C(C)C. The second-order valence-corrected chi connectivity index (χ2v) is 21.9. The van der Waals surface area contributed by atoms with Gasteiger partial charge in [0.25, 0.3) is 0 Å². The first kappa shape index (κ1) is 58.3. The molecule has 2 fully saturated rings. The maximum Gasteiger partial charge on any atom is 0.247 e. The topological polar surface area (TPSA) is 226 Å². The number of sulfonamides is 1. The van der Waals surface area contributed by atoms with Gasteiger partial charge < -0.3 is 29.1 Å². The van der Waals surface area contributed by atoms with E-state index in [1.807, 2.05) is 71.8 Å². The van der Waals surface area contributed by atoms with Crippen LogP contribution in [0, 0.1) is 29.6 Å². The van der Waals surface area contributed by atoms with Gasteiger partial charge in [-0.05, 0) is 43.1 Å². The molecular formula is C50H80N10O10S. The van der Waals surface area contributed by atoms with Crippen molar-refractivity contribution in [3.63, 3.8) is 0 Å². The predicted octanol–water partition coefficient (Wildman–Crippen LogP) is 3.25. The first-order chi connectivity index (χ1) is 33.4. The molecule has 1 unspecified atom stereocenters. The van der Waals surface area contributed by atoms with Crippen LogP contribution in [0.1, 0.15) is 97.7 Å². The lowest BCUT2D eigenvalue weighted by Gasteiger charge is -2.40. The van der Waals surface area contributed by atoms with Gasteiger partial charge in [-0.15, -0.1) is 5.10 Å². The van der Waals surface area contributed by atoms with E-state index in [4.69, 9.17) is 14.5 Å². The highest BCUT2D eigenvalue weighted by Gasteiger charge is 2.43. The molecule has 1 aromatic heterocycles. The number of Topliss-reactive ketones (excluding diaryl/α,β-unsaturated/α-hetero) is 1. The standard InChI is InChI=1S/C50H80N10O10S/c1-14-33(4)45(57(11)49(66)44(32(2)3)51-50(55(7)8)56(9)10)41(69-12)29-43(63)59-24-18-22-39(59)46(70-13)35(6)40(61)28-37(27-36-20-16-15-17-21-36)47(64)53-71(67,68)25-19-23-58-30-38(52-54-58)31-60-42(62)26-34(5)48(60)65/h15-17,20-21,30,32-35,37,39,41,44-46H,14,18-19,22-29,31H2,1-13H3,(H,53,64)/t33-,34?,35-,37+,39-,41+,44-,45-,46+/m0/s1. The van der Waals surface area contributed by atoms with Crippen LogP contribution in [-0.4, -0.2) is 181 Å². The lowest BCUT2D eigenvalue weighted by Crippen LogP contribution is -2.55. The van der Waals surface area contributed by atoms with Crippen LogP contribution in [0.25, 0.3) is 0 Å². The summed E-state index contributed by atoms with van der Waals surface area (Å²) in [5.41, 5.74) is 1.12. The zero-order valence-electron chi connectivity index (χ0n) is 44.2. The maximum absolute atomic E-state index is 14.5. The number of amides is 5. The number of aryl methyl sites for hydroxylation is 1. The van der Waals surface area contributed by atoms with Crippen LogP contribution in [0.2, 0.25) is 0 Å². The third kappa shape index (κ3) is 15.6. The highest BCUT2D eigenvalue weighted by molar-refractivity contribution is 7.90. The lowest BCUT2D eigenvalue weighted by molar-refractivity contribution is -0.146. The van der Waals surface area contributed by atoms with E-state index in [0.717, 1.165) is 16.9 Å². The van der Waals surface area contributed by atoms with Gasteiger partial charge in [-0.2, -0.15) is 0 Å². The molecule has 2 aromatic rings. The number of ketones is 1. The average Bonchev–Trinajstić information content (AvgIpc) is 4.05. The molecule has 20 nitrogen and oxygen atoms in total. The summed E-state index contributed by atoms with van der Waals surface area (Å²) in [6, 6.07) is 7.41. The molecule has 4 rings (SSSR count). The van der Waals surface area contributed by atoms with Gasteiger partial charge in [0.05, 0.1) is 49.2 Å². The first-order valence-corrected chi connectivity index (χ1v) is 26.5. The second-order valence-electron chi connectivity index (χ2n) is 20.1. The lowest BCUT2D eigenvalue weighted by atomic mass is 9.85. The number of carbonyl (C=O) groups excluding carboxylic acids is 6. The number of nitrogens with one attached hydrogen (secondary N) is 1. The predicted molar refractivity (Wildman–Crippen MR) is 269 cm³/mol. The summed E-state index contributed by atoms with van der Waals surface area (Å²) in [4.78, 5) is 94.8. The van der Waals surface area contributed by atoms with Gasteiger partial charge >= 0.3 is 0 Å². The Morgan fingerprint density at radius 3 is 2.18 bits per heavy atom. The Hall–Kier alpha value is -5.28. The van der Waals surface area contributed by atoms with Crippen LogP contribution in [0.4, 0.5) is 0 Å². The molecular weight excluding hydrogens is 933 g/mol. The fraction of sp³-hybridized carbons (Fsp3) is 0.700. The summed E-state index contributed by atoms with van der Waals surface area (Å²) in [6.45, 7) is 11.9. The number of ether oxygens (including phenoxy) is 2. The molecule has 21 heteroatoms. The first-order valence-electron chi connectivity index (χ1n) is 24.8. The zero-order chi connectivity index (χ0) is 52.9. The van der Waals surface area contributed by atoms with E-state index in [1.165, 1.54) is 11.8 Å². The summed E-state index contributed by atoms with van der Waals surface area (Å²) in [6.07, 6.45) is 2.10. The van der Waals surface area contributed by atoms with Crippen LogP contribution < -0.4 is 4.72 Å². The van der Waals surface area contributed by atoms with Crippen molar-refractivity contribution in [2.24, 2.45) is 34.6 Å². The molecule has 2 aliphatic heterocycles. The third-order valence-corrected chi connectivity index (χ3v) is 15.2. The molecule has 3 heterocycles. The number of nitrogens with zero attached hydrogens (tertiary/aromatic N) is 9. The fourth-order valence-corrected chi connectivity index (χ4v) is 10.9. The number of likely N-dealkylation sites (tertiary alicyclic amines) is 2. The Bertz CT molecular complexity index is 2260. The van der Waals surface area contributed by atoms with Crippen molar-refractivity contribution in [1.29, 1.82) is 0 Å². The number of carbonyl (C=O) groups is 6. The van der Waals surface area contributed by atoms with Crippen molar-refractivity contribution >= 4 is 51.3 Å². The van der Waals surface area contributed by atoms with Crippen molar-refractivity contribution in [1.82, 2.24) is 44.2 Å². The van der Waals surface area contributed by atoms with Gasteiger partial charge in [0, 0.05) is 93.1 Å². The van der Waals surface area contributed by atoms with E-state index in [1.54, 1.807) is 68.3 Å². The molecule has 5 amide bonds. The molecule has 1 aromatic carbocycles. The van der Waals surface area contributed by atoms with E-state index in [0.29, 0.717) is 31.0 Å². The number of benzene rings is 1. The minimum atomic E-state index is -4.16. The molecule has 0 saturated carbocycles. The van der Waals surface area contributed by atoms with Crippen LogP contribution in [0.5, 0.6) is 0 Å². The summed E-state index contributed by atoms with van der Waals surface area (Å²) < 4.78 is 42.4. The molecule has 2 aliphatic rings. The highest BCUT2D eigenvalue weighted by Crippen LogP contribution is 2.31. The summed E-state index contributed by atoms with van der Waals surface area (Å²) in [5, 5.41) is 8.03. The number of guanidine groups is 1. The number of methoxy groups -OCH3 is 2. The summed E-state index contributed by atoms with van der Waals surface area (Å²) >= 11 is 0. The van der Waals surface area contributed by atoms with Gasteiger partial charge in [0.2, 0.25) is 39.6 Å². The van der Waals surface area contributed by atoms with Crippen molar-refractivity contribution in [3.8, 4) is 0 Å². The van der Waals surface area contributed by atoms with Gasteiger partial charge in [0.15, 0.2) is 5.96 Å². The minimum absolute atomic E-state index is 0.0230. The molecule has 0 bridgehead atoms. The van der Waals surface area contributed by atoms with E-state index < -0.39 is 69.8 Å². The Morgan fingerprint density at radius 2 is 1.62 bits per heavy atom. The van der Waals surface area contributed by atoms with Crippen molar-refractivity contribution in [2.45, 2.75) is 136 Å². The Morgan fingerprint density at radius 1 is 0.958 bits per heavy atom. The van der Waals surface area contributed by atoms with Crippen molar-refractivity contribution in [2.75, 3.05) is 61.8 Å². The maximum atomic E-state index is 14.5. The Kier molecular flexibility index (Phi) is 21.7. The van der Waals surface area contributed by atoms with Gasteiger partial charge in [-0.3, -0.25) is 43.1 Å². The molecule has 0 radical (unpaired) electrons. The van der Waals surface area contributed by atoms with Crippen LogP contribution in [-0.2, 0) is 67.8 Å². The Labute approximate surface area is 421 Å². The number of likely N-dealkylation sites (N-methyl/N-ethyl adjacent to an activating group) is 1. The number of hydrogen-bond acceptors (Lipinski definition) is 13. The summed E-state index contributed by atoms with van der Waals surface area (Å²) in [7, 11) is 8.16. The number of hydrogen-bond donors (Lipinski definition) is 1. The van der Waals surface area contributed by atoms with E-state index in [-0.39, 0.29) is 86.4 Å². The van der Waals surface area contributed by atoms with Crippen molar-refractivity contribution in [3.05, 3.63) is 47.8 Å². The largest absolute Gasteiger partial charge is 0.379 e. The monoisotopic (exact) mass is 1010 g/mol. The minimum Gasteiger partial charge on any atom is -0.379 e. The fourth-order valence-electron chi connectivity index (χ4n) is 9.78. The number of imide groups is 1. The number of aromatic nitrogens is 3. The van der Waals surface area contributed by atoms with Gasteiger partial charge in [-0.25, -0.2) is 13.4 Å². The van der Waals surface area contributed by atoms with Gasteiger partial charge in [-0.1, -0.05) is 83.5 Å². The van der Waals surface area contributed by atoms with E-state index in [9.17, 15) is 37.2 Å². The Balaban J connectivity index is 1.45. The number of aliphatic imine (C=N–C) groups is 1. The van der Waals surface area contributed by atoms with Crippen LogP contribution in [0.15, 0.2) is 41.5 Å². The molecule has 0 aliphatic carbocycles. The number of rotatable bonds is 26. The molecule has 2 saturated heterocycles. The molecule has 396 valence electrons.